The Morgan fingerprint density at radius 1 is 1.31 bits per heavy atom. The number of hydrogen-bond donors (Lipinski definition) is 0. The van der Waals surface area contributed by atoms with Gasteiger partial charge >= 0.3 is 0 Å². The molecule has 0 saturated heterocycles. The van der Waals surface area contributed by atoms with Gasteiger partial charge in [0.15, 0.2) is 0 Å². The van der Waals surface area contributed by atoms with E-state index in [1.807, 2.05) is 30.3 Å². The van der Waals surface area contributed by atoms with Crippen LogP contribution in [0, 0.1) is 0 Å². The van der Waals surface area contributed by atoms with E-state index in [9.17, 15) is 0 Å². The summed E-state index contributed by atoms with van der Waals surface area (Å²) in [4.78, 5) is 4.33. The number of aliphatic imine (C=N–C) groups is 1. The summed E-state index contributed by atoms with van der Waals surface area (Å²) in [7, 11) is 1.67. The maximum Gasteiger partial charge on any atom is 0.123 e. The number of para-hydroxylation sites is 1. The topological polar surface area (TPSA) is 34.7 Å². The SMILES string of the molecule is COc1ccccc1C/N=C\c1ccoc1. The summed E-state index contributed by atoms with van der Waals surface area (Å²) in [5.41, 5.74) is 2.04. The maximum absolute atomic E-state index is 5.24. The van der Waals surface area contributed by atoms with Crippen LogP contribution < -0.4 is 4.74 Å². The van der Waals surface area contributed by atoms with Crippen LogP contribution in [0.2, 0.25) is 0 Å². The molecule has 0 amide bonds. The predicted molar refractivity (Wildman–Crippen MR) is 63.0 cm³/mol. The predicted octanol–water partition coefficient (Wildman–Crippen LogP) is 2.91. The summed E-state index contributed by atoms with van der Waals surface area (Å²) in [5, 5.41) is 0. The van der Waals surface area contributed by atoms with Gasteiger partial charge in [0.2, 0.25) is 0 Å². The van der Waals surface area contributed by atoms with E-state index in [0.29, 0.717) is 6.54 Å². The molecule has 0 saturated carbocycles. The van der Waals surface area contributed by atoms with Crippen LogP contribution in [-0.4, -0.2) is 13.3 Å². The molecule has 0 radical (unpaired) electrons. The summed E-state index contributed by atoms with van der Waals surface area (Å²) >= 11 is 0. The third kappa shape index (κ3) is 2.51. The molecule has 0 N–H and O–H groups in total. The molecule has 0 aliphatic carbocycles. The number of hydrogen-bond acceptors (Lipinski definition) is 3. The van der Waals surface area contributed by atoms with E-state index in [-0.39, 0.29) is 0 Å². The number of rotatable bonds is 4. The fourth-order valence-electron chi connectivity index (χ4n) is 1.43. The number of furan rings is 1. The highest BCUT2D eigenvalue weighted by molar-refractivity contribution is 5.78. The smallest absolute Gasteiger partial charge is 0.123 e. The minimum Gasteiger partial charge on any atom is -0.496 e. The largest absolute Gasteiger partial charge is 0.496 e. The van der Waals surface area contributed by atoms with Gasteiger partial charge in [-0.3, -0.25) is 4.99 Å². The summed E-state index contributed by atoms with van der Waals surface area (Å²) in [5.74, 6) is 0.867. The Morgan fingerprint density at radius 3 is 2.94 bits per heavy atom. The fourth-order valence-corrected chi connectivity index (χ4v) is 1.43. The van der Waals surface area contributed by atoms with E-state index in [1.54, 1.807) is 25.9 Å². The molecular formula is C13H13NO2. The lowest BCUT2D eigenvalue weighted by atomic mass is 10.2. The van der Waals surface area contributed by atoms with Crippen molar-refractivity contribution in [1.29, 1.82) is 0 Å². The average Bonchev–Trinajstić information content (AvgIpc) is 2.83. The Morgan fingerprint density at radius 2 is 2.19 bits per heavy atom. The van der Waals surface area contributed by atoms with Crippen LogP contribution in [0.25, 0.3) is 0 Å². The molecule has 2 rings (SSSR count). The lowest BCUT2D eigenvalue weighted by molar-refractivity contribution is 0.410. The van der Waals surface area contributed by atoms with E-state index < -0.39 is 0 Å². The summed E-state index contributed by atoms with van der Waals surface area (Å²) in [6.07, 6.45) is 5.08. The first-order valence-corrected chi connectivity index (χ1v) is 5.04. The third-order valence-corrected chi connectivity index (χ3v) is 2.24. The van der Waals surface area contributed by atoms with Crippen LogP contribution in [0.15, 0.2) is 52.3 Å². The van der Waals surface area contributed by atoms with Crippen LogP contribution in [0.3, 0.4) is 0 Å². The quantitative estimate of drug-likeness (QED) is 0.735. The highest BCUT2D eigenvalue weighted by atomic mass is 16.5. The molecule has 0 spiro atoms. The second-order valence-corrected chi connectivity index (χ2v) is 3.34. The molecule has 3 nitrogen and oxygen atoms in total. The molecule has 0 bridgehead atoms. The minimum absolute atomic E-state index is 0.606. The second-order valence-electron chi connectivity index (χ2n) is 3.34. The first kappa shape index (κ1) is 10.5. The zero-order valence-corrected chi connectivity index (χ0v) is 9.09. The van der Waals surface area contributed by atoms with Crippen molar-refractivity contribution in [3.05, 3.63) is 54.0 Å². The van der Waals surface area contributed by atoms with Crippen LogP contribution in [0.1, 0.15) is 11.1 Å². The van der Waals surface area contributed by atoms with Crippen molar-refractivity contribution in [1.82, 2.24) is 0 Å². The van der Waals surface area contributed by atoms with Gasteiger partial charge in [-0.05, 0) is 12.1 Å². The van der Waals surface area contributed by atoms with Crippen LogP contribution in [-0.2, 0) is 6.54 Å². The number of nitrogens with zero attached hydrogens (tertiary/aromatic N) is 1. The lowest BCUT2D eigenvalue weighted by Crippen LogP contribution is -1.90. The van der Waals surface area contributed by atoms with Gasteiger partial charge in [-0.1, -0.05) is 18.2 Å². The van der Waals surface area contributed by atoms with E-state index in [1.165, 1.54) is 0 Å². The maximum atomic E-state index is 5.24. The molecule has 82 valence electrons. The average molecular weight is 215 g/mol. The Balaban J connectivity index is 2.04. The molecule has 0 atom stereocenters. The number of ether oxygens (including phenoxy) is 1. The van der Waals surface area contributed by atoms with Crippen molar-refractivity contribution in [2.75, 3.05) is 7.11 Å². The van der Waals surface area contributed by atoms with Crippen LogP contribution in [0.4, 0.5) is 0 Å². The van der Waals surface area contributed by atoms with Gasteiger partial charge in [0.25, 0.3) is 0 Å². The lowest BCUT2D eigenvalue weighted by Gasteiger charge is -2.04. The Bertz CT molecular complexity index is 461. The third-order valence-electron chi connectivity index (χ3n) is 2.24. The van der Waals surface area contributed by atoms with Gasteiger partial charge in [-0.25, -0.2) is 0 Å². The van der Waals surface area contributed by atoms with Gasteiger partial charge in [0, 0.05) is 17.3 Å². The Labute approximate surface area is 94.4 Å². The van der Waals surface area contributed by atoms with Gasteiger partial charge in [-0.2, -0.15) is 0 Å². The minimum atomic E-state index is 0.606. The number of methoxy groups -OCH3 is 1. The number of benzene rings is 1. The summed E-state index contributed by atoms with van der Waals surface area (Å²) < 4.78 is 10.2. The van der Waals surface area contributed by atoms with E-state index in [2.05, 4.69) is 4.99 Å². The molecular weight excluding hydrogens is 202 g/mol. The highest BCUT2D eigenvalue weighted by Gasteiger charge is 1.98. The van der Waals surface area contributed by atoms with Gasteiger partial charge < -0.3 is 9.15 Å². The van der Waals surface area contributed by atoms with Crippen molar-refractivity contribution >= 4 is 6.21 Å². The van der Waals surface area contributed by atoms with Crippen LogP contribution in [0.5, 0.6) is 5.75 Å². The molecule has 3 heteroatoms. The normalized spacial score (nSPS) is 10.8. The molecule has 2 aromatic rings. The Kier molecular flexibility index (Phi) is 3.38. The first-order chi connectivity index (χ1) is 7.90. The standard InChI is InChI=1S/C13H13NO2/c1-15-13-5-3-2-4-12(13)9-14-8-11-6-7-16-10-11/h2-8,10H,9H2,1H3/b14-8-. The van der Waals surface area contributed by atoms with E-state index in [4.69, 9.17) is 9.15 Å². The molecule has 0 unspecified atom stereocenters. The zero-order chi connectivity index (χ0) is 11.2. The van der Waals surface area contributed by atoms with E-state index in [0.717, 1.165) is 16.9 Å². The first-order valence-electron chi connectivity index (χ1n) is 5.04. The van der Waals surface area contributed by atoms with Gasteiger partial charge in [0.05, 0.1) is 26.2 Å². The second kappa shape index (κ2) is 5.16. The molecule has 16 heavy (non-hydrogen) atoms. The summed E-state index contributed by atoms with van der Waals surface area (Å²) in [6.45, 7) is 0.606. The van der Waals surface area contributed by atoms with Gasteiger partial charge in [-0.15, -0.1) is 0 Å². The molecule has 0 fully saturated rings. The van der Waals surface area contributed by atoms with Crippen molar-refractivity contribution in [3.63, 3.8) is 0 Å². The summed E-state index contributed by atoms with van der Waals surface area (Å²) in [6, 6.07) is 9.73. The van der Waals surface area contributed by atoms with Crippen molar-refractivity contribution in [2.45, 2.75) is 6.54 Å². The molecule has 1 aromatic carbocycles. The van der Waals surface area contributed by atoms with Crippen molar-refractivity contribution in [3.8, 4) is 5.75 Å². The fraction of sp³-hybridized carbons (Fsp3) is 0.154. The Hall–Kier alpha value is -2.03. The molecule has 1 heterocycles. The van der Waals surface area contributed by atoms with Crippen molar-refractivity contribution in [2.24, 2.45) is 4.99 Å². The van der Waals surface area contributed by atoms with Crippen molar-refractivity contribution < 1.29 is 9.15 Å². The monoisotopic (exact) mass is 215 g/mol. The highest BCUT2D eigenvalue weighted by Crippen LogP contribution is 2.17. The van der Waals surface area contributed by atoms with Crippen LogP contribution >= 0.6 is 0 Å². The molecule has 0 aliphatic rings. The zero-order valence-electron chi connectivity index (χ0n) is 9.09. The molecule has 1 aromatic heterocycles. The molecule has 0 aliphatic heterocycles. The van der Waals surface area contributed by atoms with E-state index >= 15 is 0 Å². The van der Waals surface area contributed by atoms with Gasteiger partial charge in [0.1, 0.15) is 5.75 Å².